The summed E-state index contributed by atoms with van der Waals surface area (Å²) in [4.78, 5) is 11.4. The van der Waals surface area contributed by atoms with Crippen LogP contribution < -0.4 is 5.73 Å². The molecule has 3 nitrogen and oxygen atoms in total. The summed E-state index contributed by atoms with van der Waals surface area (Å²) in [7, 11) is 1.30. The molecule has 0 aliphatic heterocycles. The lowest BCUT2D eigenvalue weighted by Crippen LogP contribution is -2.06. The number of hydrogen-bond acceptors (Lipinski definition) is 3. The first kappa shape index (κ1) is 11.6. The lowest BCUT2D eigenvalue weighted by molar-refractivity contribution is -0.133. The number of rotatable bonds is 2. The molecule has 0 heterocycles. The molecule has 15 heavy (non-hydrogen) atoms. The molecule has 0 bridgehead atoms. The van der Waals surface area contributed by atoms with Crippen LogP contribution >= 0.6 is 11.6 Å². The lowest BCUT2D eigenvalue weighted by atomic mass is 10.1. The van der Waals surface area contributed by atoms with E-state index in [1.54, 1.807) is 12.1 Å². The van der Waals surface area contributed by atoms with Crippen LogP contribution in [0.3, 0.4) is 0 Å². The SMILES string of the molecule is COC(=O)/C(=C\N)c1ccc(C)cc1Cl. The molecule has 0 saturated heterocycles. The highest BCUT2D eigenvalue weighted by Crippen LogP contribution is 2.25. The van der Waals surface area contributed by atoms with Gasteiger partial charge in [0.25, 0.3) is 0 Å². The van der Waals surface area contributed by atoms with Gasteiger partial charge < -0.3 is 10.5 Å². The Labute approximate surface area is 93.5 Å². The predicted molar refractivity (Wildman–Crippen MR) is 60.4 cm³/mol. The van der Waals surface area contributed by atoms with Crippen molar-refractivity contribution in [2.24, 2.45) is 5.73 Å². The summed E-state index contributed by atoms with van der Waals surface area (Å²) in [6.45, 7) is 1.92. The molecule has 4 heteroatoms. The van der Waals surface area contributed by atoms with E-state index in [1.165, 1.54) is 13.3 Å². The highest BCUT2D eigenvalue weighted by atomic mass is 35.5. The minimum absolute atomic E-state index is 0.266. The second kappa shape index (κ2) is 4.84. The van der Waals surface area contributed by atoms with Crippen LogP contribution in [0.2, 0.25) is 5.02 Å². The van der Waals surface area contributed by atoms with Gasteiger partial charge in [-0.25, -0.2) is 4.79 Å². The molecule has 0 spiro atoms. The van der Waals surface area contributed by atoms with Gasteiger partial charge in [0.2, 0.25) is 0 Å². The van der Waals surface area contributed by atoms with E-state index >= 15 is 0 Å². The second-order valence-corrected chi connectivity index (χ2v) is 3.46. The first-order valence-electron chi connectivity index (χ1n) is 4.37. The Balaban J connectivity index is 3.20. The number of nitrogens with two attached hydrogens (primary N) is 1. The Bertz CT molecular complexity index is 413. The van der Waals surface area contributed by atoms with Crippen LogP contribution in [0, 0.1) is 6.92 Å². The zero-order valence-electron chi connectivity index (χ0n) is 8.58. The van der Waals surface area contributed by atoms with Crippen molar-refractivity contribution in [3.05, 3.63) is 40.5 Å². The molecule has 0 aliphatic rings. The van der Waals surface area contributed by atoms with Crippen LogP contribution in [-0.4, -0.2) is 13.1 Å². The maximum atomic E-state index is 11.4. The normalized spacial score (nSPS) is 11.3. The van der Waals surface area contributed by atoms with E-state index < -0.39 is 5.97 Å². The van der Waals surface area contributed by atoms with Gasteiger partial charge in [0.05, 0.1) is 12.7 Å². The number of esters is 1. The van der Waals surface area contributed by atoms with Gasteiger partial charge in [-0.15, -0.1) is 0 Å². The third-order valence-corrected chi connectivity index (χ3v) is 2.30. The number of methoxy groups -OCH3 is 1. The summed E-state index contributed by atoms with van der Waals surface area (Å²) in [5.74, 6) is -0.497. The maximum absolute atomic E-state index is 11.4. The first-order valence-corrected chi connectivity index (χ1v) is 4.74. The fraction of sp³-hybridized carbons (Fsp3) is 0.182. The zero-order valence-corrected chi connectivity index (χ0v) is 9.34. The Morgan fingerprint density at radius 1 is 1.53 bits per heavy atom. The van der Waals surface area contributed by atoms with E-state index in [0.29, 0.717) is 10.6 Å². The van der Waals surface area contributed by atoms with E-state index in [4.69, 9.17) is 17.3 Å². The van der Waals surface area contributed by atoms with Crippen LogP contribution in [0.5, 0.6) is 0 Å². The van der Waals surface area contributed by atoms with Crippen molar-refractivity contribution in [3.8, 4) is 0 Å². The Morgan fingerprint density at radius 3 is 2.67 bits per heavy atom. The molecule has 80 valence electrons. The quantitative estimate of drug-likeness (QED) is 0.620. The number of aryl methyl sites for hydroxylation is 1. The fourth-order valence-electron chi connectivity index (χ4n) is 1.22. The van der Waals surface area contributed by atoms with Crippen molar-refractivity contribution in [1.29, 1.82) is 0 Å². The van der Waals surface area contributed by atoms with Crippen LogP contribution in [-0.2, 0) is 9.53 Å². The molecular formula is C11H12ClNO2. The molecule has 1 aromatic rings. The van der Waals surface area contributed by atoms with Gasteiger partial charge in [-0.2, -0.15) is 0 Å². The number of ether oxygens (including phenoxy) is 1. The monoisotopic (exact) mass is 225 g/mol. The van der Waals surface area contributed by atoms with E-state index in [0.717, 1.165) is 5.56 Å². The number of carbonyl (C=O) groups is 1. The minimum Gasteiger partial charge on any atom is -0.465 e. The van der Waals surface area contributed by atoms with Crippen molar-refractivity contribution in [2.75, 3.05) is 7.11 Å². The van der Waals surface area contributed by atoms with E-state index in [-0.39, 0.29) is 5.57 Å². The van der Waals surface area contributed by atoms with Crippen LogP contribution in [0.15, 0.2) is 24.4 Å². The average molecular weight is 226 g/mol. The lowest BCUT2D eigenvalue weighted by Gasteiger charge is -2.07. The summed E-state index contributed by atoms with van der Waals surface area (Å²) in [5, 5.41) is 0.483. The highest BCUT2D eigenvalue weighted by molar-refractivity contribution is 6.34. The Morgan fingerprint density at radius 2 is 2.20 bits per heavy atom. The van der Waals surface area contributed by atoms with E-state index in [2.05, 4.69) is 4.74 Å². The summed E-state index contributed by atoms with van der Waals surface area (Å²) in [6, 6.07) is 5.37. The second-order valence-electron chi connectivity index (χ2n) is 3.06. The number of hydrogen-bond donors (Lipinski definition) is 1. The van der Waals surface area contributed by atoms with Crippen molar-refractivity contribution in [2.45, 2.75) is 6.92 Å². The number of benzene rings is 1. The molecule has 0 radical (unpaired) electrons. The van der Waals surface area contributed by atoms with Crippen molar-refractivity contribution >= 4 is 23.1 Å². The van der Waals surface area contributed by atoms with Gasteiger partial charge >= 0.3 is 5.97 Å². The van der Waals surface area contributed by atoms with Crippen LogP contribution in [0.4, 0.5) is 0 Å². The summed E-state index contributed by atoms with van der Waals surface area (Å²) in [6.07, 6.45) is 1.20. The Kier molecular flexibility index (Phi) is 3.74. The molecule has 0 saturated carbocycles. The molecular weight excluding hydrogens is 214 g/mol. The van der Waals surface area contributed by atoms with Crippen molar-refractivity contribution < 1.29 is 9.53 Å². The average Bonchev–Trinajstić information content (AvgIpc) is 2.21. The summed E-state index contributed by atoms with van der Waals surface area (Å²) < 4.78 is 4.60. The molecule has 1 aromatic carbocycles. The molecule has 2 N–H and O–H groups in total. The number of halogens is 1. The van der Waals surface area contributed by atoms with Gasteiger partial charge in [0, 0.05) is 16.8 Å². The summed E-state index contributed by atoms with van der Waals surface area (Å²) >= 11 is 6.00. The zero-order chi connectivity index (χ0) is 11.4. The molecule has 0 atom stereocenters. The molecule has 1 rings (SSSR count). The van der Waals surface area contributed by atoms with Gasteiger partial charge in [0.1, 0.15) is 0 Å². The van der Waals surface area contributed by atoms with Gasteiger partial charge in [-0.05, 0) is 18.6 Å². The molecule has 0 amide bonds. The van der Waals surface area contributed by atoms with Crippen LogP contribution in [0.1, 0.15) is 11.1 Å². The third-order valence-electron chi connectivity index (χ3n) is 1.99. The van der Waals surface area contributed by atoms with Crippen molar-refractivity contribution in [1.82, 2.24) is 0 Å². The van der Waals surface area contributed by atoms with Gasteiger partial charge in [-0.1, -0.05) is 23.7 Å². The topological polar surface area (TPSA) is 52.3 Å². The third kappa shape index (κ3) is 2.50. The Hall–Kier alpha value is -1.48. The van der Waals surface area contributed by atoms with Gasteiger partial charge in [-0.3, -0.25) is 0 Å². The number of carbonyl (C=O) groups excluding carboxylic acids is 1. The van der Waals surface area contributed by atoms with E-state index in [1.807, 2.05) is 13.0 Å². The van der Waals surface area contributed by atoms with E-state index in [9.17, 15) is 4.79 Å². The van der Waals surface area contributed by atoms with Crippen LogP contribution in [0.25, 0.3) is 5.57 Å². The largest absolute Gasteiger partial charge is 0.465 e. The standard InChI is InChI=1S/C11H12ClNO2/c1-7-3-4-8(10(12)5-7)9(6-13)11(14)15-2/h3-6H,13H2,1-2H3/b9-6-. The summed E-state index contributed by atoms with van der Waals surface area (Å²) in [5.41, 5.74) is 7.23. The van der Waals surface area contributed by atoms with Gasteiger partial charge in [0.15, 0.2) is 0 Å². The molecule has 0 unspecified atom stereocenters. The molecule has 0 aliphatic carbocycles. The molecule has 0 aromatic heterocycles. The molecule has 0 fully saturated rings. The first-order chi connectivity index (χ1) is 7.10. The maximum Gasteiger partial charge on any atom is 0.339 e. The minimum atomic E-state index is -0.497. The predicted octanol–water partition coefficient (Wildman–Crippen LogP) is 2.12. The smallest absolute Gasteiger partial charge is 0.339 e. The fourth-order valence-corrected chi connectivity index (χ4v) is 1.55. The highest BCUT2D eigenvalue weighted by Gasteiger charge is 2.14. The van der Waals surface area contributed by atoms with Crippen molar-refractivity contribution in [3.63, 3.8) is 0 Å².